The summed E-state index contributed by atoms with van der Waals surface area (Å²) in [5.41, 5.74) is 1.82. The zero-order valence-electron chi connectivity index (χ0n) is 13.5. The van der Waals surface area contributed by atoms with Crippen molar-refractivity contribution >= 4 is 29.2 Å². The van der Waals surface area contributed by atoms with Crippen molar-refractivity contribution in [3.05, 3.63) is 28.8 Å². The molecule has 24 heavy (non-hydrogen) atoms. The molecule has 1 amide bonds. The molecule has 2 rings (SSSR count). The molecule has 0 radical (unpaired) electrons. The molecule has 130 valence electrons. The number of piperazine rings is 1. The lowest BCUT2D eigenvalue weighted by Crippen LogP contribution is -2.53. The number of isothiocyanates is 1. The number of benzene rings is 1. The van der Waals surface area contributed by atoms with Gasteiger partial charge in [-0.3, -0.25) is 4.90 Å². The molecule has 1 N–H and O–H groups in total. The number of carboxylic acid groups (broad SMARTS) is 1. The number of alkyl halides is 2. The first-order valence-electron chi connectivity index (χ1n) is 7.54. The summed E-state index contributed by atoms with van der Waals surface area (Å²) in [5.74, 6) is 0. The number of hydrogen-bond donors (Lipinski definition) is 1. The number of carbonyl (C=O) groups is 1. The van der Waals surface area contributed by atoms with E-state index in [1.165, 1.54) is 17.0 Å². The van der Waals surface area contributed by atoms with Crippen LogP contribution in [0.1, 0.15) is 30.0 Å². The van der Waals surface area contributed by atoms with Crippen molar-refractivity contribution in [2.45, 2.75) is 32.9 Å². The van der Waals surface area contributed by atoms with Crippen LogP contribution in [0.15, 0.2) is 17.1 Å². The van der Waals surface area contributed by atoms with Gasteiger partial charge in [0.2, 0.25) is 0 Å². The van der Waals surface area contributed by atoms with Crippen molar-refractivity contribution in [2.24, 2.45) is 4.99 Å². The summed E-state index contributed by atoms with van der Waals surface area (Å²) in [4.78, 5) is 18.4. The Labute approximate surface area is 144 Å². The number of rotatable bonds is 4. The average molecular weight is 355 g/mol. The third-order valence-electron chi connectivity index (χ3n) is 4.28. The molecule has 1 fully saturated rings. The molecule has 1 atom stereocenters. The monoisotopic (exact) mass is 355 g/mol. The Balaban J connectivity index is 2.23. The Morgan fingerprint density at radius 2 is 2.21 bits per heavy atom. The van der Waals surface area contributed by atoms with Crippen molar-refractivity contribution < 1.29 is 18.7 Å². The molecule has 1 heterocycles. The van der Waals surface area contributed by atoms with E-state index in [2.05, 4.69) is 27.3 Å². The number of aliphatic imine (C=N–C) groups is 1. The Morgan fingerprint density at radius 3 is 2.75 bits per heavy atom. The summed E-state index contributed by atoms with van der Waals surface area (Å²) in [6.45, 7) is 5.62. The molecule has 1 aromatic rings. The minimum atomic E-state index is -2.59. The minimum Gasteiger partial charge on any atom is -0.465 e. The summed E-state index contributed by atoms with van der Waals surface area (Å²) in [6.07, 6.45) is -3.53. The number of amides is 1. The zero-order chi connectivity index (χ0) is 17.9. The summed E-state index contributed by atoms with van der Waals surface area (Å²) in [7, 11) is 0. The fourth-order valence-corrected chi connectivity index (χ4v) is 3.04. The highest BCUT2D eigenvalue weighted by Gasteiger charge is 2.27. The fourth-order valence-electron chi connectivity index (χ4n) is 2.94. The smallest absolute Gasteiger partial charge is 0.407 e. The van der Waals surface area contributed by atoms with Crippen LogP contribution in [0.25, 0.3) is 0 Å². The van der Waals surface area contributed by atoms with Crippen molar-refractivity contribution in [1.82, 2.24) is 9.80 Å². The van der Waals surface area contributed by atoms with E-state index in [0.717, 1.165) is 11.1 Å². The molecule has 8 heteroatoms. The van der Waals surface area contributed by atoms with E-state index in [-0.39, 0.29) is 11.6 Å². The van der Waals surface area contributed by atoms with Gasteiger partial charge in [0.25, 0.3) is 6.43 Å². The highest BCUT2D eigenvalue weighted by atomic mass is 32.1. The van der Waals surface area contributed by atoms with Crippen LogP contribution < -0.4 is 0 Å². The molecule has 5 nitrogen and oxygen atoms in total. The normalized spacial score (nSPS) is 18.5. The molecule has 1 saturated heterocycles. The maximum Gasteiger partial charge on any atom is 0.407 e. The number of hydrogen-bond acceptors (Lipinski definition) is 4. The summed E-state index contributed by atoms with van der Waals surface area (Å²) < 4.78 is 26.2. The van der Waals surface area contributed by atoms with E-state index in [9.17, 15) is 13.6 Å². The molecule has 1 aromatic carbocycles. The molecule has 1 aliphatic rings. The standard InChI is InChI=1S/C16H19F2N3O2S/c1-10-7-20(3-4-21(10)16(22)23)8-13-5-12(15(17)18)6-14(11(13)2)19-9-24/h5-6,10,15H,3-4,7-8H2,1-2H3,(H,22,23)/t10-/m0/s1. The highest BCUT2D eigenvalue weighted by molar-refractivity contribution is 7.78. The third kappa shape index (κ3) is 4.14. The maximum absolute atomic E-state index is 13.1. The summed E-state index contributed by atoms with van der Waals surface area (Å²) >= 11 is 4.58. The van der Waals surface area contributed by atoms with E-state index in [0.29, 0.717) is 31.9 Å². The molecule has 0 aliphatic carbocycles. The van der Waals surface area contributed by atoms with Gasteiger partial charge in [0.1, 0.15) is 0 Å². The Kier molecular flexibility index (Phi) is 5.99. The second-order valence-electron chi connectivity index (χ2n) is 5.89. The van der Waals surface area contributed by atoms with Crippen LogP contribution in [0.3, 0.4) is 0 Å². The number of nitrogens with zero attached hydrogens (tertiary/aromatic N) is 3. The fraction of sp³-hybridized carbons (Fsp3) is 0.500. The molecule has 0 aromatic heterocycles. The van der Waals surface area contributed by atoms with E-state index in [4.69, 9.17) is 5.11 Å². The van der Waals surface area contributed by atoms with Gasteiger partial charge in [-0.2, -0.15) is 4.99 Å². The van der Waals surface area contributed by atoms with Gasteiger partial charge in [0.15, 0.2) is 0 Å². The second kappa shape index (κ2) is 7.79. The van der Waals surface area contributed by atoms with Crippen LogP contribution in [0.4, 0.5) is 19.3 Å². The maximum atomic E-state index is 13.1. The SMILES string of the molecule is Cc1c(CN2CCN(C(=O)O)[C@@H](C)C2)cc(C(F)F)cc1N=C=S. The molecule has 0 unspecified atom stereocenters. The van der Waals surface area contributed by atoms with Crippen molar-refractivity contribution in [3.8, 4) is 0 Å². The lowest BCUT2D eigenvalue weighted by molar-refractivity contribution is 0.0709. The van der Waals surface area contributed by atoms with Crippen molar-refractivity contribution in [3.63, 3.8) is 0 Å². The third-order valence-corrected chi connectivity index (χ3v) is 4.37. The molecule has 1 aliphatic heterocycles. The van der Waals surface area contributed by atoms with Gasteiger partial charge in [-0.1, -0.05) is 0 Å². The summed E-state index contributed by atoms with van der Waals surface area (Å²) in [6, 6.07) is 2.66. The van der Waals surface area contributed by atoms with E-state index >= 15 is 0 Å². The van der Waals surface area contributed by atoms with Gasteiger partial charge in [0.05, 0.1) is 10.8 Å². The van der Waals surface area contributed by atoms with Gasteiger partial charge in [0, 0.05) is 37.8 Å². The minimum absolute atomic E-state index is 0.100. The van der Waals surface area contributed by atoms with Crippen LogP contribution in [0.2, 0.25) is 0 Å². The Morgan fingerprint density at radius 1 is 1.50 bits per heavy atom. The van der Waals surface area contributed by atoms with Gasteiger partial charge in [-0.05, 0) is 49.3 Å². The molecule has 0 saturated carbocycles. The highest BCUT2D eigenvalue weighted by Crippen LogP contribution is 2.30. The van der Waals surface area contributed by atoms with Gasteiger partial charge in [-0.15, -0.1) is 0 Å². The van der Waals surface area contributed by atoms with Gasteiger partial charge >= 0.3 is 6.09 Å². The van der Waals surface area contributed by atoms with Gasteiger partial charge < -0.3 is 10.0 Å². The van der Waals surface area contributed by atoms with Crippen LogP contribution in [0.5, 0.6) is 0 Å². The number of halogens is 2. The lowest BCUT2D eigenvalue weighted by atomic mass is 10.0. The zero-order valence-corrected chi connectivity index (χ0v) is 14.3. The predicted octanol–water partition coefficient (Wildman–Crippen LogP) is 3.85. The molecule has 0 bridgehead atoms. The number of thiocarbonyl (C=S) groups is 1. The Bertz CT molecular complexity index is 678. The van der Waals surface area contributed by atoms with Crippen molar-refractivity contribution in [1.29, 1.82) is 0 Å². The topological polar surface area (TPSA) is 56.1 Å². The average Bonchev–Trinajstić information content (AvgIpc) is 2.50. The van der Waals surface area contributed by atoms with Crippen LogP contribution >= 0.6 is 12.2 Å². The molecular formula is C16H19F2N3O2S. The molecular weight excluding hydrogens is 336 g/mol. The van der Waals surface area contributed by atoms with Gasteiger partial charge in [-0.25, -0.2) is 13.6 Å². The summed E-state index contributed by atoms with van der Waals surface area (Å²) in [5, 5.41) is 11.3. The lowest BCUT2D eigenvalue weighted by Gasteiger charge is -2.38. The predicted molar refractivity (Wildman–Crippen MR) is 90.3 cm³/mol. The first kappa shape index (κ1) is 18.4. The van der Waals surface area contributed by atoms with E-state index < -0.39 is 12.5 Å². The quantitative estimate of drug-likeness (QED) is 0.658. The van der Waals surface area contributed by atoms with E-state index in [1.807, 2.05) is 13.8 Å². The first-order valence-corrected chi connectivity index (χ1v) is 7.95. The van der Waals surface area contributed by atoms with Crippen LogP contribution in [0, 0.1) is 6.92 Å². The molecule has 0 spiro atoms. The largest absolute Gasteiger partial charge is 0.465 e. The van der Waals surface area contributed by atoms with E-state index in [1.54, 1.807) is 0 Å². The van der Waals surface area contributed by atoms with Crippen molar-refractivity contribution in [2.75, 3.05) is 19.6 Å². The first-order chi connectivity index (χ1) is 11.3. The second-order valence-corrected chi connectivity index (χ2v) is 6.07. The Hall–Kier alpha value is -1.89. The van der Waals surface area contributed by atoms with Crippen LogP contribution in [-0.2, 0) is 6.54 Å². The van der Waals surface area contributed by atoms with Crippen LogP contribution in [-0.4, -0.2) is 51.8 Å².